The second-order valence-corrected chi connectivity index (χ2v) is 7.15. The number of unbranched alkanes of at least 4 members (excludes halogenated alkanes) is 4. The Morgan fingerprint density at radius 2 is 1.62 bits per heavy atom. The maximum absolute atomic E-state index is 3.84. The molecule has 0 saturated carbocycles. The molecule has 1 fully saturated rings. The Hall–Kier alpha value is -0.120. The molecule has 1 unspecified atom stereocenters. The standard InChI is InChI=1S/C18H39N3/c1-5-7-8-9-10-11-18(3,6-2)19-12-13-21-16-14-20(4)15-17-21/h19H,5-17H2,1-4H3. The van der Waals surface area contributed by atoms with Crippen LogP contribution in [0, 0.1) is 0 Å². The molecule has 0 aliphatic carbocycles. The maximum Gasteiger partial charge on any atom is 0.0151 e. The highest BCUT2D eigenvalue weighted by Crippen LogP contribution is 2.19. The van der Waals surface area contributed by atoms with E-state index >= 15 is 0 Å². The van der Waals surface area contributed by atoms with Crippen LogP contribution >= 0.6 is 0 Å². The van der Waals surface area contributed by atoms with Crippen LogP contribution in [-0.2, 0) is 0 Å². The molecule has 1 N–H and O–H groups in total. The topological polar surface area (TPSA) is 18.5 Å². The Bertz CT molecular complexity index is 249. The van der Waals surface area contributed by atoms with Crippen molar-refractivity contribution in [1.82, 2.24) is 15.1 Å². The van der Waals surface area contributed by atoms with Crippen molar-refractivity contribution >= 4 is 0 Å². The average molecular weight is 298 g/mol. The summed E-state index contributed by atoms with van der Waals surface area (Å²) in [6.45, 7) is 14.3. The monoisotopic (exact) mass is 297 g/mol. The van der Waals surface area contributed by atoms with Crippen LogP contribution in [0.4, 0.5) is 0 Å². The Morgan fingerprint density at radius 3 is 2.24 bits per heavy atom. The van der Waals surface area contributed by atoms with Gasteiger partial charge in [-0.15, -0.1) is 0 Å². The molecule has 1 atom stereocenters. The van der Waals surface area contributed by atoms with Gasteiger partial charge < -0.3 is 10.2 Å². The zero-order chi connectivity index (χ0) is 15.6. The van der Waals surface area contributed by atoms with E-state index in [0.717, 1.165) is 6.54 Å². The maximum atomic E-state index is 3.84. The minimum absolute atomic E-state index is 0.346. The van der Waals surface area contributed by atoms with E-state index < -0.39 is 0 Å². The van der Waals surface area contributed by atoms with Crippen LogP contribution in [0.5, 0.6) is 0 Å². The van der Waals surface area contributed by atoms with E-state index in [4.69, 9.17) is 0 Å². The third-order valence-corrected chi connectivity index (χ3v) is 5.19. The number of nitrogens with zero attached hydrogens (tertiary/aromatic N) is 2. The molecule has 1 rings (SSSR count). The average Bonchev–Trinajstić information content (AvgIpc) is 2.49. The summed E-state index contributed by atoms with van der Waals surface area (Å²) in [5.41, 5.74) is 0.346. The second kappa shape index (κ2) is 10.6. The summed E-state index contributed by atoms with van der Waals surface area (Å²) in [5.74, 6) is 0. The van der Waals surface area contributed by atoms with Gasteiger partial charge in [-0.25, -0.2) is 0 Å². The van der Waals surface area contributed by atoms with Gasteiger partial charge in [-0.3, -0.25) is 4.90 Å². The Labute approximate surface area is 133 Å². The molecule has 1 aliphatic rings. The van der Waals surface area contributed by atoms with Crippen LogP contribution in [0.15, 0.2) is 0 Å². The van der Waals surface area contributed by atoms with Crippen molar-refractivity contribution in [2.24, 2.45) is 0 Å². The van der Waals surface area contributed by atoms with E-state index in [2.05, 4.69) is 42.9 Å². The predicted molar refractivity (Wildman–Crippen MR) is 94.0 cm³/mol. The minimum atomic E-state index is 0.346. The summed E-state index contributed by atoms with van der Waals surface area (Å²) >= 11 is 0. The molecule has 0 aromatic heterocycles. The van der Waals surface area contributed by atoms with Crippen molar-refractivity contribution in [2.45, 2.75) is 71.3 Å². The first-order chi connectivity index (χ1) is 10.1. The molecule has 0 spiro atoms. The van der Waals surface area contributed by atoms with Crippen LogP contribution in [0.1, 0.15) is 65.7 Å². The van der Waals surface area contributed by atoms with Gasteiger partial charge in [-0.1, -0.05) is 46.0 Å². The molecule has 0 aromatic carbocycles. The van der Waals surface area contributed by atoms with E-state index in [1.54, 1.807) is 0 Å². The van der Waals surface area contributed by atoms with Gasteiger partial charge in [0.15, 0.2) is 0 Å². The van der Waals surface area contributed by atoms with Crippen molar-refractivity contribution < 1.29 is 0 Å². The van der Waals surface area contributed by atoms with Crippen LogP contribution in [-0.4, -0.2) is 61.7 Å². The lowest BCUT2D eigenvalue weighted by Crippen LogP contribution is -2.49. The lowest BCUT2D eigenvalue weighted by atomic mass is 9.91. The zero-order valence-corrected chi connectivity index (χ0v) is 15.1. The van der Waals surface area contributed by atoms with Crippen LogP contribution in [0.2, 0.25) is 0 Å². The molecule has 1 aliphatic heterocycles. The molecule has 126 valence electrons. The van der Waals surface area contributed by atoms with Crippen molar-refractivity contribution in [3.63, 3.8) is 0 Å². The quantitative estimate of drug-likeness (QED) is 0.590. The Morgan fingerprint density at radius 1 is 0.952 bits per heavy atom. The lowest BCUT2D eigenvalue weighted by molar-refractivity contribution is 0.149. The molecular formula is C18H39N3. The van der Waals surface area contributed by atoms with Crippen LogP contribution in [0.3, 0.4) is 0 Å². The predicted octanol–water partition coefficient (Wildman–Crippen LogP) is 3.35. The molecule has 0 amide bonds. The molecule has 3 nitrogen and oxygen atoms in total. The van der Waals surface area contributed by atoms with E-state index in [9.17, 15) is 0 Å². The first kappa shape index (κ1) is 18.9. The van der Waals surface area contributed by atoms with E-state index in [0.29, 0.717) is 5.54 Å². The minimum Gasteiger partial charge on any atom is -0.310 e. The SMILES string of the molecule is CCCCCCCC(C)(CC)NCCN1CCN(C)CC1. The van der Waals surface area contributed by atoms with Gasteiger partial charge in [0.2, 0.25) is 0 Å². The Kier molecular flexibility index (Phi) is 9.54. The molecule has 21 heavy (non-hydrogen) atoms. The number of hydrogen-bond acceptors (Lipinski definition) is 3. The highest BCUT2D eigenvalue weighted by Gasteiger charge is 2.21. The van der Waals surface area contributed by atoms with Gasteiger partial charge in [-0.05, 0) is 26.8 Å². The fourth-order valence-electron chi connectivity index (χ4n) is 3.10. The van der Waals surface area contributed by atoms with E-state index in [1.807, 2.05) is 0 Å². The van der Waals surface area contributed by atoms with Crippen LogP contribution < -0.4 is 5.32 Å². The first-order valence-corrected chi connectivity index (χ1v) is 9.25. The fraction of sp³-hybridized carbons (Fsp3) is 1.00. The van der Waals surface area contributed by atoms with E-state index in [-0.39, 0.29) is 0 Å². The molecule has 0 radical (unpaired) electrons. The fourth-order valence-corrected chi connectivity index (χ4v) is 3.10. The first-order valence-electron chi connectivity index (χ1n) is 9.25. The van der Waals surface area contributed by atoms with Gasteiger partial charge in [0.05, 0.1) is 0 Å². The van der Waals surface area contributed by atoms with Crippen LogP contribution in [0.25, 0.3) is 0 Å². The van der Waals surface area contributed by atoms with Crippen molar-refractivity contribution in [2.75, 3.05) is 46.3 Å². The Balaban J connectivity index is 2.13. The number of likely N-dealkylation sites (N-methyl/N-ethyl adjacent to an activating group) is 1. The smallest absolute Gasteiger partial charge is 0.0151 e. The van der Waals surface area contributed by atoms with Crippen molar-refractivity contribution in [1.29, 1.82) is 0 Å². The van der Waals surface area contributed by atoms with Gasteiger partial charge >= 0.3 is 0 Å². The van der Waals surface area contributed by atoms with Crippen molar-refractivity contribution in [3.8, 4) is 0 Å². The summed E-state index contributed by atoms with van der Waals surface area (Å²) in [5, 5.41) is 3.84. The highest BCUT2D eigenvalue weighted by atomic mass is 15.2. The molecule has 0 aromatic rings. The number of nitrogens with one attached hydrogen (secondary N) is 1. The molecule has 1 heterocycles. The van der Waals surface area contributed by atoms with Gasteiger partial charge in [0.1, 0.15) is 0 Å². The van der Waals surface area contributed by atoms with Gasteiger partial charge in [-0.2, -0.15) is 0 Å². The lowest BCUT2D eigenvalue weighted by Gasteiger charge is -2.35. The molecular weight excluding hydrogens is 258 g/mol. The normalized spacial score (nSPS) is 20.6. The van der Waals surface area contributed by atoms with E-state index in [1.165, 1.54) is 77.7 Å². The largest absolute Gasteiger partial charge is 0.310 e. The highest BCUT2D eigenvalue weighted by molar-refractivity contribution is 4.82. The zero-order valence-electron chi connectivity index (χ0n) is 15.1. The molecule has 3 heteroatoms. The third-order valence-electron chi connectivity index (χ3n) is 5.19. The summed E-state index contributed by atoms with van der Waals surface area (Å²) in [4.78, 5) is 5.03. The number of piperazine rings is 1. The molecule has 0 bridgehead atoms. The summed E-state index contributed by atoms with van der Waals surface area (Å²) in [7, 11) is 2.22. The summed E-state index contributed by atoms with van der Waals surface area (Å²) < 4.78 is 0. The summed E-state index contributed by atoms with van der Waals surface area (Å²) in [6.07, 6.45) is 9.51. The molecule has 1 saturated heterocycles. The third kappa shape index (κ3) is 8.18. The summed E-state index contributed by atoms with van der Waals surface area (Å²) in [6, 6.07) is 0. The van der Waals surface area contributed by atoms with Gasteiger partial charge in [0, 0.05) is 44.8 Å². The number of rotatable bonds is 11. The van der Waals surface area contributed by atoms with Gasteiger partial charge in [0.25, 0.3) is 0 Å². The van der Waals surface area contributed by atoms with Crippen molar-refractivity contribution in [3.05, 3.63) is 0 Å². The second-order valence-electron chi connectivity index (χ2n) is 7.15. The number of hydrogen-bond donors (Lipinski definition) is 1.